The summed E-state index contributed by atoms with van der Waals surface area (Å²) in [6.07, 6.45) is 0.535. The summed E-state index contributed by atoms with van der Waals surface area (Å²) in [5, 5.41) is 3.75. The highest BCUT2D eigenvalue weighted by atomic mass is 35.5. The summed E-state index contributed by atoms with van der Waals surface area (Å²) in [5.74, 6) is -0.590. The van der Waals surface area contributed by atoms with E-state index >= 15 is 0 Å². The molecule has 26 heavy (non-hydrogen) atoms. The molecule has 1 aliphatic heterocycles. The lowest BCUT2D eigenvalue weighted by atomic mass is 9.81. The van der Waals surface area contributed by atoms with Crippen molar-refractivity contribution in [1.82, 2.24) is 5.32 Å². The molecular weight excluding hydrogens is 376 g/mol. The molecule has 1 fully saturated rings. The zero-order valence-corrected chi connectivity index (χ0v) is 16.1. The van der Waals surface area contributed by atoms with Crippen molar-refractivity contribution < 1.29 is 13.9 Å². The Kier molecular flexibility index (Phi) is 5.56. The summed E-state index contributed by atoms with van der Waals surface area (Å²) in [7, 11) is 0. The Balaban J connectivity index is 1.94. The van der Waals surface area contributed by atoms with Crippen LogP contribution in [0.3, 0.4) is 0 Å². The molecule has 138 valence electrons. The van der Waals surface area contributed by atoms with Crippen molar-refractivity contribution in [2.75, 3.05) is 0 Å². The molecular formula is C20H20Cl2FNO2. The van der Waals surface area contributed by atoms with Gasteiger partial charge in [-0.25, -0.2) is 4.39 Å². The largest absolute Gasteiger partial charge is 0.365 e. The molecule has 0 bridgehead atoms. The summed E-state index contributed by atoms with van der Waals surface area (Å²) in [4.78, 5) is 11.7. The zero-order valence-electron chi connectivity index (χ0n) is 14.6. The molecule has 0 spiro atoms. The van der Waals surface area contributed by atoms with Crippen molar-refractivity contribution >= 4 is 29.1 Å². The van der Waals surface area contributed by atoms with E-state index in [-0.39, 0.29) is 23.1 Å². The predicted octanol–water partition coefficient (Wildman–Crippen LogP) is 5.62. The molecule has 1 amide bonds. The molecule has 2 aromatic rings. The number of amides is 1. The molecule has 1 aliphatic rings. The van der Waals surface area contributed by atoms with Gasteiger partial charge in [-0.3, -0.25) is 4.79 Å². The quantitative estimate of drug-likeness (QED) is 0.731. The minimum absolute atomic E-state index is 0.0726. The zero-order chi connectivity index (χ0) is 18.9. The van der Waals surface area contributed by atoms with E-state index in [1.807, 2.05) is 31.2 Å². The standard InChI is InChI=1S/C20H20Cl2FNO2/c1-12(25)24-20(2)10-18(13-3-6-15(21)7-4-13)26-19(11-20)14-5-8-16(22)17(23)9-14/h3-9,18-19H,10-11H2,1-2H3,(H,24,25)/t18-,19+,20-/m0/s1. The van der Waals surface area contributed by atoms with Gasteiger partial charge in [0.05, 0.1) is 17.2 Å². The number of carbonyl (C=O) groups excluding carboxylic acids is 1. The number of benzene rings is 2. The molecule has 0 radical (unpaired) electrons. The second-order valence-corrected chi connectivity index (χ2v) is 7.83. The fraction of sp³-hybridized carbons (Fsp3) is 0.350. The van der Waals surface area contributed by atoms with Gasteiger partial charge in [0.2, 0.25) is 5.91 Å². The van der Waals surface area contributed by atoms with Crippen LogP contribution >= 0.6 is 23.2 Å². The Morgan fingerprint density at radius 3 is 2.27 bits per heavy atom. The van der Waals surface area contributed by atoms with E-state index in [2.05, 4.69) is 5.32 Å². The third-order valence-corrected chi connectivity index (χ3v) is 5.19. The van der Waals surface area contributed by atoms with Crippen LogP contribution in [0, 0.1) is 5.82 Å². The van der Waals surface area contributed by atoms with Gasteiger partial charge >= 0.3 is 0 Å². The number of rotatable bonds is 3. The number of halogens is 3. The fourth-order valence-corrected chi connectivity index (χ4v) is 3.75. The Labute approximate surface area is 162 Å². The van der Waals surface area contributed by atoms with Crippen molar-refractivity contribution in [2.24, 2.45) is 0 Å². The molecule has 3 rings (SSSR count). The average Bonchev–Trinajstić information content (AvgIpc) is 2.56. The van der Waals surface area contributed by atoms with E-state index in [9.17, 15) is 9.18 Å². The van der Waals surface area contributed by atoms with Crippen LogP contribution in [0.1, 0.15) is 50.0 Å². The van der Waals surface area contributed by atoms with Crippen LogP contribution in [0.15, 0.2) is 42.5 Å². The second kappa shape index (κ2) is 7.55. The average molecular weight is 396 g/mol. The SMILES string of the molecule is CC(=O)N[C@@]1(C)C[C@@H](c2ccc(Cl)cc2)O[C@@H](c2ccc(Cl)c(F)c2)C1. The van der Waals surface area contributed by atoms with Gasteiger partial charge in [0.25, 0.3) is 0 Å². The molecule has 1 saturated heterocycles. The van der Waals surface area contributed by atoms with Gasteiger partial charge in [-0.1, -0.05) is 41.4 Å². The molecule has 2 aromatic carbocycles. The predicted molar refractivity (Wildman–Crippen MR) is 101 cm³/mol. The van der Waals surface area contributed by atoms with Crippen LogP contribution in [0.4, 0.5) is 4.39 Å². The maximum atomic E-state index is 13.9. The van der Waals surface area contributed by atoms with Crippen LogP contribution in [-0.2, 0) is 9.53 Å². The van der Waals surface area contributed by atoms with E-state index in [0.717, 1.165) is 5.56 Å². The van der Waals surface area contributed by atoms with Crippen LogP contribution in [-0.4, -0.2) is 11.4 Å². The molecule has 1 N–H and O–H groups in total. The van der Waals surface area contributed by atoms with Gasteiger partial charge in [0.1, 0.15) is 5.82 Å². The maximum Gasteiger partial charge on any atom is 0.217 e. The molecule has 1 heterocycles. The van der Waals surface area contributed by atoms with E-state index in [1.165, 1.54) is 19.1 Å². The topological polar surface area (TPSA) is 38.3 Å². The first kappa shape index (κ1) is 19.2. The van der Waals surface area contributed by atoms with Crippen LogP contribution < -0.4 is 5.32 Å². The molecule has 6 heteroatoms. The molecule has 0 aliphatic carbocycles. The van der Waals surface area contributed by atoms with Crippen molar-refractivity contribution in [3.8, 4) is 0 Å². The van der Waals surface area contributed by atoms with Gasteiger partial charge in [0.15, 0.2) is 0 Å². The van der Waals surface area contributed by atoms with Crippen LogP contribution in [0.2, 0.25) is 10.0 Å². The second-order valence-electron chi connectivity index (χ2n) is 6.99. The number of nitrogens with one attached hydrogen (secondary N) is 1. The van der Waals surface area contributed by atoms with Crippen molar-refractivity contribution in [3.63, 3.8) is 0 Å². The normalized spacial score (nSPS) is 25.7. The third-order valence-electron chi connectivity index (χ3n) is 4.64. The minimum atomic E-state index is -0.484. The number of hydrogen-bond acceptors (Lipinski definition) is 2. The van der Waals surface area contributed by atoms with E-state index in [0.29, 0.717) is 23.4 Å². The highest BCUT2D eigenvalue weighted by Gasteiger charge is 2.40. The molecule has 0 saturated carbocycles. The maximum absolute atomic E-state index is 13.9. The lowest BCUT2D eigenvalue weighted by molar-refractivity contribution is -0.126. The lowest BCUT2D eigenvalue weighted by Gasteiger charge is -2.43. The molecule has 3 nitrogen and oxygen atoms in total. The van der Waals surface area contributed by atoms with Crippen LogP contribution in [0.5, 0.6) is 0 Å². The number of hydrogen-bond donors (Lipinski definition) is 1. The highest BCUT2D eigenvalue weighted by molar-refractivity contribution is 6.30. The van der Waals surface area contributed by atoms with Gasteiger partial charge in [-0.15, -0.1) is 0 Å². The number of carbonyl (C=O) groups is 1. The van der Waals surface area contributed by atoms with E-state index in [1.54, 1.807) is 6.07 Å². The van der Waals surface area contributed by atoms with Gasteiger partial charge in [0, 0.05) is 30.3 Å². The fourth-order valence-electron chi connectivity index (χ4n) is 3.51. The van der Waals surface area contributed by atoms with Gasteiger partial charge < -0.3 is 10.1 Å². The lowest BCUT2D eigenvalue weighted by Crippen LogP contribution is -2.50. The van der Waals surface area contributed by atoms with Gasteiger partial charge in [-0.2, -0.15) is 0 Å². The van der Waals surface area contributed by atoms with Crippen molar-refractivity contribution in [1.29, 1.82) is 0 Å². The summed E-state index contributed by atoms with van der Waals surface area (Å²) in [6, 6.07) is 12.1. The summed E-state index contributed by atoms with van der Waals surface area (Å²) < 4.78 is 20.2. The molecule has 3 atom stereocenters. The van der Waals surface area contributed by atoms with E-state index in [4.69, 9.17) is 27.9 Å². The molecule has 0 aromatic heterocycles. The smallest absolute Gasteiger partial charge is 0.217 e. The minimum Gasteiger partial charge on any atom is -0.365 e. The summed E-state index contributed by atoms with van der Waals surface area (Å²) in [6.45, 7) is 3.48. The first-order valence-electron chi connectivity index (χ1n) is 8.40. The first-order chi connectivity index (χ1) is 12.3. The summed E-state index contributed by atoms with van der Waals surface area (Å²) in [5.41, 5.74) is 1.18. The Morgan fingerprint density at radius 1 is 1.12 bits per heavy atom. The Bertz CT molecular complexity index is 812. The molecule has 0 unspecified atom stereocenters. The summed E-state index contributed by atoms with van der Waals surface area (Å²) >= 11 is 11.8. The van der Waals surface area contributed by atoms with Crippen molar-refractivity contribution in [2.45, 2.75) is 44.4 Å². The Morgan fingerprint density at radius 2 is 1.69 bits per heavy atom. The van der Waals surface area contributed by atoms with Gasteiger partial charge in [-0.05, 0) is 42.3 Å². The Hall–Kier alpha value is -1.62. The van der Waals surface area contributed by atoms with Crippen molar-refractivity contribution in [3.05, 3.63) is 69.5 Å². The number of ether oxygens (including phenoxy) is 1. The monoisotopic (exact) mass is 395 g/mol. The van der Waals surface area contributed by atoms with Crippen LogP contribution in [0.25, 0.3) is 0 Å². The third kappa shape index (κ3) is 4.37. The first-order valence-corrected chi connectivity index (χ1v) is 9.16. The highest BCUT2D eigenvalue weighted by Crippen LogP contribution is 2.44. The van der Waals surface area contributed by atoms with E-state index < -0.39 is 11.4 Å².